The molecule has 0 spiro atoms. The number of aryl methyl sites for hydroxylation is 1. The summed E-state index contributed by atoms with van der Waals surface area (Å²) in [6.45, 7) is 6.37. The lowest BCUT2D eigenvalue weighted by atomic mass is 10.0. The summed E-state index contributed by atoms with van der Waals surface area (Å²) >= 11 is 8.05. The Morgan fingerprint density at radius 3 is 2.25 bits per heavy atom. The zero-order valence-corrected chi connectivity index (χ0v) is 22.8. The van der Waals surface area contributed by atoms with Crippen molar-refractivity contribution in [2.24, 2.45) is 0 Å². The van der Waals surface area contributed by atoms with E-state index >= 15 is 0 Å². The Labute approximate surface area is 224 Å². The Balaban J connectivity index is 1.87. The van der Waals surface area contributed by atoms with Gasteiger partial charge in [-0.05, 0) is 48.6 Å². The molecule has 3 aromatic rings. The van der Waals surface area contributed by atoms with Crippen LogP contribution in [0.5, 0.6) is 0 Å². The minimum Gasteiger partial charge on any atom is -0.352 e. The lowest BCUT2D eigenvalue weighted by molar-refractivity contribution is -0.139. The van der Waals surface area contributed by atoms with E-state index in [0.717, 1.165) is 23.3 Å². The molecule has 0 unspecified atom stereocenters. The van der Waals surface area contributed by atoms with Crippen molar-refractivity contribution in [3.63, 3.8) is 0 Å². The number of nitrogens with one attached hydrogen (secondary N) is 1. The third-order valence-electron chi connectivity index (χ3n) is 6.32. The van der Waals surface area contributed by atoms with E-state index in [1.807, 2.05) is 80.6 Å². The number of carbonyl (C=O) groups is 2. The molecule has 0 radical (unpaired) electrons. The van der Waals surface area contributed by atoms with Crippen LogP contribution in [0.25, 0.3) is 0 Å². The molecule has 0 aliphatic heterocycles. The van der Waals surface area contributed by atoms with E-state index in [4.69, 9.17) is 11.6 Å². The highest BCUT2D eigenvalue weighted by Gasteiger charge is 2.31. The molecule has 190 valence electrons. The van der Waals surface area contributed by atoms with E-state index < -0.39 is 6.04 Å². The second-order valence-corrected chi connectivity index (χ2v) is 10.4. The average molecular weight is 523 g/mol. The monoisotopic (exact) mass is 522 g/mol. The molecule has 3 rings (SSSR count). The molecule has 36 heavy (non-hydrogen) atoms. The Morgan fingerprint density at radius 1 is 0.944 bits per heavy atom. The van der Waals surface area contributed by atoms with Crippen molar-refractivity contribution in [1.82, 2.24) is 10.2 Å². The molecule has 0 bridgehead atoms. The Hall–Kier alpha value is -2.76. The van der Waals surface area contributed by atoms with Crippen LogP contribution < -0.4 is 5.32 Å². The van der Waals surface area contributed by atoms with Crippen molar-refractivity contribution in [3.05, 3.63) is 106 Å². The number of nitrogens with zero attached hydrogens (tertiary/aromatic N) is 1. The fraction of sp³-hybridized carbons (Fsp3) is 0.333. The van der Waals surface area contributed by atoms with E-state index in [-0.39, 0.29) is 30.2 Å². The number of hydrogen-bond donors (Lipinski definition) is 1. The first-order chi connectivity index (χ1) is 17.4. The molecule has 0 saturated carbocycles. The van der Waals surface area contributed by atoms with Crippen LogP contribution in [-0.2, 0) is 28.3 Å². The van der Waals surface area contributed by atoms with Crippen LogP contribution in [0, 0.1) is 6.92 Å². The van der Waals surface area contributed by atoms with Gasteiger partial charge in [0.25, 0.3) is 0 Å². The van der Waals surface area contributed by atoms with Crippen molar-refractivity contribution in [3.8, 4) is 0 Å². The standard InChI is InChI=1S/C30H35ClN2O2S/c1-4-23(3)32-30(35)28(18-24-13-6-5-7-14-24)33(19-25-15-10-11-17-27(25)31)29(34)21-36-20-26-16-9-8-12-22(26)2/h5-17,23,28H,4,18-21H2,1-3H3,(H,32,35)/t23-,28-/m1/s1. The quantitative estimate of drug-likeness (QED) is 0.298. The summed E-state index contributed by atoms with van der Waals surface area (Å²) in [6.07, 6.45) is 1.25. The molecule has 4 nitrogen and oxygen atoms in total. The Kier molecular flexibility index (Phi) is 10.9. The van der Waals surface area contributed by atoms with E-state index in [2.05, 4.69) is 24.4 Å². The molecule has 0 saturated heterocycles. The number of rotatable bonds is 12. The molecule has 6 heteroatoms. The van der Waals surface area contributed by atoms with Crippen LogP contribution in [0.3, 0.4) is 0 Å². The van der Waals surface area contributed by atoms with Crippen molar-refractivity contribution in [1.29, 1.82) is 0 Å². The van der Waals surface area contributed by atoms with Crippen LogP contribution in [-0.4, -0.2) is 34.6 Å². The number of benzene rings is 3. The lowest BCUT2D eigenvalue weighted by Crippen LogP contribution is -2.52. The third-order valence-corrected chi connectivity index (χ3v) is 7.65. The van der Waals surface area contributed by atoms with Gasteiger partial charge in [-0.3, -0.25) is 9.59 Å². The summed E-state index contributed by atoms with van der Waals surface area (Å²) in [4.78, 5) is 28.9. The zero-order chi connectivity index (χ0) is 25.9. The van der Waals surface area contributed by atoms with E-state index in [9.17, 15) is 9.59 Å². The van der Waals surface area contributed by atoms with Crippen molar-refractivity contribution < 1.29 is 9.59 Å². The number of hydrogen-bond acceptors (Lipinski definition) is 3. The predicted octanol–water partition coefficient (Wildman–Crippen LogP) is 6.44. The summed E-state index contributed by atoms with van der Waals surface area (Å²) in [5.74, 6) is 0.799. The first kappa shape index (κ1) is 27.8. The van der Waals surface area contributed by atoms with E-state index in [0.29, 0.717) is 11.4 Å². The van der Waals surface area contributed by atoms with Gasteiger partial charge in [0.2, 0.25) is 11.8 Å². The van der Waals surface area contributed by atoms with Gasteiger partial charge in [-0.15, -0.1) is 11.8 Å². The second-order valence-electron chi connectivity index (χ2n) is 9.06. The molecule has 2 amide bonds. The number of halogens is 1. The number of carbonyl (C=O) groups excluding carboxylic acids is 2. The Morgan fingerprint density at radius 2 is 1.58 bits per heavy atom. The van der Waals surface area contributed by atoms with Gasteiger partial charge in [0.1, 0.15) is 6.04 Å². The van der Waals surface area contributed by atoms with Crippen LogP contribution >= 0.6 is 23.4 Å². The SMILES string of the molecule is CC[C@@H](C)NC(=O)[C@@H](Cc1ccccc1)N(Cc1ccccc1Cl)C(=O)CSCc1ccccc1C. The molecule has 1 N–H and O–H groups in total. The average Bonchev–Trinajstić information content (AvgIpc) is 2.88. The fourth-order valence-electron chi connectivity index (χ4n) is 3.91. The highest BCUT2D eigenvalue weighted by Crippen LogP contribution is 2.23. The van der Waals surface area contributed by atoms with Gasteiger partial charge in [-0.1, -0.05) is 91.3 Å². The van der Waals surface area contributed by atoms with Gasteiger partial charge in [-0.25, -0.2) is 0 Å². The minimum absolute atomic E-state index is 0.0171. The zero-order valence-electron chi connectivity index (χ0n) is 21.2. The van der Waals surface area contributed by atoms with E-state index in [1.165, 1.54) is 11.1 Å². The maximum absolute atomic E-state index is 13.7. The van der Waals surface area contributed by atoms with Gasteiger partial charge < -0.3 is 10.2 Å². The molecule has 0 heterocycles. The molecular formula is C30H35ClN2O2S. The molecule has 2 atom stereocenters. The Bertz CT molecular complexity index is 1140. The number of amides is 2. The molecule has 0 aliphatic rings. The first-order valence-electron chi connectivity index (χ1n) is 12.4. The highest BCUT2D eigenvalue weighted by atomic mass is 35.5. The van der Waals surface area contributed by atoms with Gasteiger partial charge in [0.05, 0.1) is 5.75 Å². The highest BCUT2D eigenvalue weighted by molar-refractivity contribution is 7.99. The summed E-state index contributed by atoms with van der Waals surface area (Å²) in [7, 11) is 0. The van der Waals surface area contributed by atoms with Crippen molar-refractivity contribution in [2.45, 2.75) is 58.0 Å². The normalized spacial score (nSPS) is 12.6. The smallest absolute Gasteiger partial charge is 0.243 e. The topological polar surface area (TPSA) is 49.4 Å². The summed E-state index contributed by atoms with van der Waals surface area (Å²) in [5.41, 5.74) is 4.25. The van der Waals surface area contributed by atoms with Gasteiger partial charge in [-0.2, -0.15) is 0 Å². The lowest BCUT2D eigenvalue weighted by Gasteiger charge is -2.32. The largest absolute Gasteiger partial charge is 0.352 e. The van der Waals surface area contributed by atoms with E-state index in [1.54, 1.807) is 16.7 Å². The predicted molar refractivity (Wildman–Crippen MR) is 151 cm³/mol. The fourth-order valence-corrected chi connectivity index (χ4v) is 5.09. The second kappa shape index (κ2) is 14.1. The van der Waals surface area contributed by atoms with Gasteiger partial charge in [0, 0.05) is 29.8 Å². The van der Waals surface area contributed by atoms with Crippen molar-refractivity contribution in [2.75, 3.05) is 5.75 Å². The van der Waals surface area contributed by atoms with Gasteiger partial charge >= 0.3 is 0 Å². The van der Waals surface area contributed by atoms with Gasteiger partial charge in [0.15, 0.2) is 0 Å². The molecule has 3 aromatic carbocycles. The van der Waals surface area contributed by atoms with Crippen LogP contribution in [0.1, 0.15) is 42.5 Å². The minimum atomic E-state index is -0.649. The molecule has 0 aromatic heterocycles. The summed E-state index contributed by atoms with van der Waals surface area (Å²) < 4.78 is 0. The number of thioether (sulfide) groups is 1. The molecular weight excluding hydrogens is 488 g/mol. The van der Waals surface area contributed by atoms with Crippen molar-refractivity contribution >= 4 is 35.2 Å². The third kappa shape index (κ3) is 8.14. The molecule has 0 aliphatic carbocycles. The van der Waals surface area contributed by atoms with Crippen LogP contribution in [0.4, 0.5) is 0 Å². The summed E-state index contributed by atoms with van der Waals surface area (Å²) in [6, 6.07) is 24.9. The van der Waals surface area contributed by atoms with Crippen LogP contribution in [0.15, 0.2) is 78.9 Å². The first-order valence-corrected chi connectivity index (χ1v) is 13.9. The van der Waals surface area contributed by atoms with Crippen LogP contribution in [0.2, 0.25) is 5.02 Å². The molecule has 0 fully saturated rings. The maximum atomic E-state index is 13.7. The summed E-state index contributed by atoms with van der Waals surface area (Å²) in [5, 5.41) is 3.69. The maximum Gasteiger partial charge on any atom is 0.243 e.